The number of rotatable bonds is 5. The molecule has 0 saturated heterocycles. The van der Waals surface area contributed by atoms with E-state index in [0.717, 1.165) is 11.3 Å². The van der Waals surface area contributed by atoms with Gasteiger partial charge in [-0.2, -0.15) is 13.2 Å². The summed E-state index contributed by atoms with van der Waals surface area (Å²) in [4.78, 5) is 3.92. The number of nitrogens with zero attached hydrogens (tertiary/aromatic N) is 1. The number of aromatic nitrogens is 1. The quantitative estimate of drug-likeness (QED) is 0.888. The van der Waals surface area contributed by atoms with Gasteiger partial charge in [0.1, 0.15) is 0 Å². The average molecular weight is 280 g/mol. The molecule has 0 atom stereocenters. The van der Waals surface area contributed by atoms with Crippen molar-refractivity contribution in [1.82, 2.24) is 4.98 Å². The topological polar surface area (TPSA) is 24.9 Å². The van der Waals surface area contributed by atoms with Crippen molar-refractivity contribution in [1.29, 1.82) is 0 Å². The van der Waals surface area contributed by atoms with Gasteiger partial charge in [-0.15, -0.1) is 0 Å². The highest BCUT2D eigenvalue weighted by atomic mass is 19.4. The number of aryl methyl sites for hydroxylation is 1. The summed E-state index contributed by atoms with van der Waals surface area (Å²) in [6.45, 7) is 0.561. The highest BCUT2D eigenvalue weighted by Crippen LogP contribution is 2.25. The van der Waals surface area contributed by atoms with Crippen molar-refractivity contribution in [2.45, 2.75) is 25.6 Å². The standard InChI is InChI=1S/C15H15F3N2/c16-15(17,18)8-5-13-3-1-2-4-14(13)20-11-12-6-9-19-10-7-12/h1-4,6-7,9-10,20H,5,8,11H2. The van der Waals surface area contributed by atoms with Crippen LogP contribution >= 0.6 is 0 Å². The Bertz CT molecular complexity index is 538. The van der Waals surface area contributed by atoms with Crippen LogP contribution < -0.4 is 5.32 Å². The van der Waals surface area contributed by atoms with Crippen LogP contribution in [0.1, 0.15) is 17.5 Å². The van der Waals surface area contributed by atoms with Crippen LogP contribution in [0.4, 0.5) is 18.9 Å². The van der Waals surface area contributed by atoms with E-state index in [1.54, 1.807) is 30.6 Å². The number of anilines is 1. The Labute approximate surface area is 115 Å². The third-order valence-corrected chi connectivity index (χ3v) is 2.93. The van der Waals surface area contributed by atoms with Gasteiger partial charge in [-0.3, -0.25) is 4.98 Å². The molecule has 0 fully saturated rings. The maximum atomic E-state index is 12.3. The molecule has 0 unspecified atom stereocenters. The van der Waals surface area contributed by atoms with Gasteiger partial charge in [0.05, 0.1) is 0 Å². The number of benzene rings is 1. The molecule has 1 N–H and O–H groups in total. The van der Waals surface area contributed by atoms with Crippen LogP contribution in [-0.2, 0) is 13.0 Å². The molecule has 0 aliphatic carbocycles. The monoisotopic (exact) mass is 280 g/mol. The summed E-state index contributed by atoms with van der Waals surface area (Å²) in [5.41, 5.74) is 2.46. The molecule has 0 bridgehead atoms. The largest absolute Gasteiger partial charge is 0.389 e. The third-order valence-electron chi connectivity index (χ3n) is 2.93. The Morgan fingerprint density at radius 1 is 1.00 bits per heavy atom. The molecule has 2 rings (SSSR count). The van der Waals surface area contributed by atoms with E-state index in [-0.39, 0.29) is 6.42 Å². The SMILES string of the molecule is FC(F)(F)CCc1ccccc1NCc1ccncc1. The fourth-order valence-corrected chi connectivity index (χ4v) is 1.89. The van der Waals surface area contributed by atoms with Gasteiger partial charge in [-0.25, -0.2) is 0 Å². The lowest BCUT2D eigenvalue weighted by atomic mass is 10.1. The van der Waals surface area contributed by atoms with E-state index in [4.69, 9.17) is 0 Å². The Balaban J connectivity index is 2.01. The number of nitrogens with one attached hydrogen (secondary N) is 1. The summed E-state index contributed by atoms with van der Waals surface area (Å²) < 4.78 is 36.9. The van der Waals surface area contributed by atoms with Gasteiger partial charge in [0, 0.05) is 31.0 Å². The second-order valence-electron chi connectivity index (χ2n) is 4.48. The van der Waals surface area contributed by atoms with Gasteiger partial charge in [0.15, 0.2) is 0 Å². The molecule has 20 heavy (non-hydrogen) atoms. The van der Waals surface area contributed by atoms with Gasteiger partial charge >= 0.3 is 6.18 Å². The van der Waals surface area contributed by atoms with Crippen molar-refractivity contribution in [3.05, 3.63) is 59.9 Å². The number of hydrogen-bond donors (Lipinski definition) is 1. The predicted molar refractivity (Wildman–Crippen MR) is 72.4 cm³/mol. The highest BCUT2D eigenvalue weighted by Gasteiger charge is 2.26. The summed E-state index contributed by atoms with van der Waals surface area (Å²) >= 11 is 0. The predicted octanol–water partition coefficient (Wildman–Crippen LogP) is 4.19. The lowest BCUT2D eigenvalue weighted by Gasteiger charge is -2.13. The molecular weight excluding hydrogens is 265 g/mol. The van der Waals surface area contributed by atoms with Crippen LogP contribution in [0.25, 0.3) is 0 Å². The third kappa shape index (κ3) is 4.57. The van der Waals surface area contributed by atoms with Crippen LogP contribution in [0.3, 0.4) is 0 Å². The summed E-state index contributed by atoms with van der Waals surface area (Å²) in [6, 6.07) is 10.8. The number of halogens is 3. The van der Waals surface area contributed by atoms with Crippen molar-refractivity contribution in [3.63, 3.8) is 0 Å². The summed E-state index contributed by atoms with van der Waals surface area (Å²) in [5, 5.41) is 3.17. The van der Waals surface area contributed by atoms with E-state index < -0.39 is 12.6 Å². The minimum atomic E-state index is -4.13. The van der Waals surface area contributed by atoms with Crippen molar-refractivity contribution < 1.29 is 13.2 Å². The van der Waals surface area contributed by atoms with Crippen LogP contribution in [-0.4, -0.2) is 11.2 Å². The van der Waals surface area contributed by atoms with Crippen molar-refractivity contribution in [2.75, 3.05) is 5.32 Å². The maximum Gasteiger partial charge on any atom is 0.389 e. The number of pyridine rings is 1. The number of alkyl halides is 3. The first-order valence-corrected chi connectivity index (χ1v) is 6.32. The zero-order valence-electron chi connectivity index (χ0n) is 10.8. The minimum absolute atomic E-state index is 0.0109. The lowest BCUT2D eigenvalue weighted by molar-refractivity contribution is -0.133. The minimum Gasteiger partial charge on any atom is -0.381 e. The van der Waals surface area contributed by atoms with Crippen LogP contribution in [0.2, 0.25) is 0 Å². The molecule has 0 spiro atoms. The van der Waals surface area contributed by atoms with Gasteiger partial charge in [-0.1, -0.05) is 18.2 Å². The molecule has 0 radical (unpaired) electrons. The van der Waals surface area contributed by atoms with E-state index >= 15 is 0 Å². The molecule has 1 heterocycles. The molecule has 5 heteroatoms. The lowest BCUT2D eigenvalue weighted by Crippen LogP contribution is -2.10. The number of hydrogen-bond acceptors (Lipinski definition) is 2. The van der Waals surface area contributed by atoms with Gasteiger partial charge < -0.3 is 5.32 Å². The van der Waals surface area contributed by atoms with Gasteiger partial charge in [-0.05, 0) is 35.7 Å². The van der Waals surface area contributed by atoms with E-state index in [1.807, 2.05) is 18.2 Å². The maximum absolute atomic E-state index is 12.3. The first kappa shape index (κ1) is 14.4. The van der Waals surface area contributed by atoms with Gasteiger partial charge in [0.2, 0.25) is 0 Å². The van der Waals surface area contributed by atoms with E-state index in [9.17, 15) is 13.2 Å². The summed E-state index contributed by atoms with van der Waals surface area (Å²) in [7, 11) is 0. The van der Waals surface area contributed by atoms with E-state index in [2.05, 4.69) is 10.3 Å². The summed E-state index contributed by atoms with van der Waals surface area (Å²) in [5.74, 6) is 0. The zero-order valence-corrected chi connectivity index (χ0v) is 10.8. The Morgan fingerprint density at radius 2 is 1.70 bits per heavy atom. The van der Waals surface area contributed by atoms with E-state index in [0.29, 0.717) is 12.1 Å². The van der Waals surface area contributed by atoms with Crippen molar-refractivity contribution in [3.8, 4) is 0 Å². The smallest absolute Gasteiger partial charge is 0.381 e. The molecular formula is C15H15F3N2. The Morgan fingerprint density at radius 3 is 2.40 bits per heavy atom. The zero-order chi connectivity index (χ0) is 14.4. The first-order chi connectivity index (χ1) is 9.54. The molecule has 0 saturated carbocycles. The molecule has 1 aromatic heterocycles. The summed E-state index contributed by atoms with van der Waals surface area (Å²) in [6.07, 6.45) is -1.57. The molecule has 2 nitrogen and oxygen atoms in total. The van der Waals surface area contributed by atoms with Crippen molar-refractivity contribution >= 4 is 5.69 Å². The molecule has 0 amide bonds. The van der Waals surface area contributed by atoms with E-state index in [1.165, 1.54) is 0 Å². The average Bonchev–Trinajstić information content (AvgIpc) is 2.44. The highest BCUT2D eigenvalue weighted by molar-refractivity contribution is 5.51. The molecule has 106 valence electrons. The number of para-hydroxylation sites is 1. The fraction of sp³-hybridized carbons (Fsp3) is 0.267. The molecule has 2 aromatic rings. The van der Waals surface area contributed by atoms with Crippen molar-refractivity contribution in [2.24, 2.45) is 0 Å². The van der Waals surface area contributed by atoms with Crippen LogP contribution in [0.5, 0.6) is 0 Å². The normalized spacial score (nSPS) is 11.3. The second-order valence-corrected chi connectivity index (χ2v) is 4.48. The molecule has 0 aliphatic rings. The Kier molecular flexibility index (Phi) is 4.61. The second kappa shape index (κ2) is 6.41. The van der Waals surface area contributed by atoms with Crippen LogP contribution in [0.15, 0.2) is 48.8 Å². The molecule has 1 aromatic carbocycles. The molecule has 0 aliphatic heterocycles. The fourth-order valence-electron chi connectivity index (χ4n) is 1.89. The first-order valence-electron chi connectivity index (χ1n) is 6.32. The van der Waals surface area contributed by atoms with Crippen LogP contribution in [0, 0.1) is 0 Å². The Hall–Kier alpha value is -2.04. The van der Waals surface area contributed by atoms with Gasteiger partial charge in [0.25, 0.3) is 0 Å².